The summed E-state index contributed by atoms with van der Waals surface area (Å²) >= 11 is 0. The highest BCUT2D eigenvalue weighted by molar-refractivity contribution is 5.99. The number of nitrogens with zero attached hydrogens (tertiary/aromatic N) is 1. The van der Waals surface area contributed by atoms with Gasteiger partial charge < -0.3 is 20.8 Å². The second kappa shape index (κ2) is 8.19. The van der Waals surface area contributed by atoms with Crippen molar-refractivity contribution >= 4 is 23.5 Å². The van der Waals surface area contributed by atoms with Crippen LogP contribution in [0.4, 0.5) is 5.69 Å². The molecule has 120 valence electrons. The van der Waals surface area contributed by atoms with Crippen molar-refractivity contribution in [1.29, 1.82) is 5.26 Å². The fraction of sp³-hybridized carbons (Fsp3) is 0.200. The van der Waals surface area contributed by atoms with E-state index >= 15 is 0 Å². The van der Waals surface area contributed by atoms with Crippen molar-refractivity contribution in [3.8, 4) is 6.07 Å². The molecule has 23 heavy (non-hydrogen) atoms. The van der Waals surface area contributed by atoms with E-state index in [1.807, 2.05) is 0 Å². The molecule has 1 amide bonds. The zero-order valence-corrected chi connectivity index (χ0v) is 12.2. The highest BCUT2D eigenvalue weighted by Gasteiger charge is 2.16. The van der Waals surface area contributed by atoms with E-state index in [4.69, 9.17) is 15.5 Å². The molecule has 8 nitrogen and oxygen atoms in total. The van der Waals surface area contributed by atoms with Gasteiger partial charge in [0.15, 0.2) is 0 Å². The Morgan fingerprint density at radius 3 is 2.35 bits per heavy atom. The summed E-state index contributed by atoms with van der Waals surface area (Å²) in [6.45, 7) is 1.28. The van der Waals surface area contributed by atoms with Crippen LogP contribution in [0.15, 0.2) is 36.0 Å². The number of nitriles is 1. The smallest absolute Gasteiger partial charge is 0.325 e. The lowest BCUT2D eigenvalue weighted by Gasteiger charge is -2.08. The van der Waals surface area contributed by atoms with Gasteiger partial charge in [-0.3, -0.25) is 14.4 Å². The fourth-order valence-electron chi connectivity index (χ4n) is 1.53. The van der Waals surface area contributed by atoms with E-state index in [1.165, 1.54) is 6.92 Å². The van der Waals surface area contributed by atoms with Crippen LogP contribution < -0.4 is 10.6 Å². The number of carbonyl (C=O) groups is 3. The van der Waals surface area contributed by atoms with Gasteiger partial charge in [-0.15, -0.1) is 0 Å². The van der Waals surface area contributed by atoms with E-state index in [9.17, 15) is 14.4 Å². The largest absolute Gasteiger partial charge is 0.481 e. The molecule has 1 atom stereocenters. The highest BCUT2D eigenvalue weighted by Crippen LogP contribution is 2.10. The number of carbonyl (C=O) groups excluding carboxylic acids is 1. The maximum Gasteiger partial charge on any atom is 0.325 e. The van der Waals surface area contributed by atoms with Crippen molar-refractivity contribution in [1.82, 2.24) is 5.32 Å². The van der Waals surface area contributed by atoms with Gasteiger partial charge in [-0.2, -0.15) is 5.26 Å². The molecule has 8 heteroatoms. The van der Waals surface area contributed by atoms with Gasteiger partial charge in [0.05, 0.1) is 6.42 Å². The number of hydrogen-bond acceptors (Lipinski definition) is 5. The van der Waals surface area contributed by atoms with Gasteiger partial charge in [0.1, 0.15) is 17.7 Å². The normalized spacial score (nSPS) is 11.9. The third-order valence-corrected chi connectivity index (χ3v) is 2.78. The van der Waals surface area contributed by atoms with E-state index in [-0.39, 0.29) is 12.0 Å². The SMILES string of the molecule is CC(NC(=O)/C(C#N)=C\Nc1ccc(CC(=O)O)cc1)C(=O)O. The summed E-state index contributed by atoms with van der Waals surface area (Å²) in [6, 6.07) is 6.95. The number of carboxylic acids is 2. The van der Waals surface area contributed by atoms with Gasteiger partial charge in [0.2, 0.25) is 0 Å². The van der Waals surface area contributed by atoms with Gasteiger partial charge >= 0.3 is 11.9 Å². The quantitative estimate of drug-likeness (QED) is 0.429. The first-order valence-corrected chi connectivity index (χ1v) is 6.54. The molecule has 1 unspecified atom stereocenters. The Morgan fingerprint density at radius 1 is 1.26 bits per heavy atom. The Balaban J connectivity index is 2.73. The lowest BCUT2D eigenvalue weighted by atomic mass is 10.1. The van der Waals surface area contributed by atoms with Crippen LogP contribution >= 0.6 is 0 Å². The number of rotatable bonds is 7. The summed E-state index contributed by atoms with van der Waals surface area (Å²) in [6.07, 6.45) is 1.05. The minimum Gasteiger partial charge on any atom is -0.481 e. The van der Waals surface area contributed by atoms with Crippen molar-refractivity contribution in [2.75, 3.05) is 5.32 Å². The van der Waals surface area contributed by atoms with Crippen molar-refractivity contribution in [2.24, 2.45) is 0 Å². The number of anilines is 1. The summed E-state index contributed by atoms with van der Waals surface area (Å²) in [5, 5.41) is 31.2. The topological polar surface area (TPSA) is 140 Å². The molecular formula is C15H15N3O5. The van der Waals surface area contributed by atoms with Gasteiger partial charge in [0.25, 0.3) is 5.91 Å². The molecule has 0 heterocycles. The molecular weight excluding hydrogens is 302 g/mol. The maximum atomic E-state index is 11.7. The highest BCUT2D eigenvalue weighted by atomic mass is 16.4. The van der Waals surface area contributed by atoms with E-state index < -0.39 is 23.9 Å². The minimum absolute atomic E-state index is 0.102. The monoisotopic (exact) mass is 317 g/mol. The summed E-state index contributed by atoms with van der Waals surface area (Å²) in [4.78, 5) is 32.9. The maximum absolute atomic E-state index is 11.7. The molecule has 1 rings (SSSR count). The summed E-state index contributed by atoms with van der Waals surface area (Å²) in [5.74, 6) is -2.96. The van der Waals surface area contributed by atoms with Crippen LogP contribution in [0.3, 0.4) is 0 Å². The van der Waals surface area contributed by atoms with Crippen molar-refractivity contribution < 1.29 is 24.6 Å². The van der Waals surface area contributed by atoms with E-state index in [1.54, 1.807) is 30.3 Å². The Morgan fingerprint density at radius 2 is 1.87 bits per heavy atom. The Bertz CT molecular complexity index is 673. The lowest BCUT2D eigenvalue weighted by Crippen LogP contribution is -2.39. The number of carboxylic acid groups (broad SMARTS) is 2. The van der Waals surface area contributed by atoms with E-state index in [0.717, 1.165) is 6.20 Å². The number of amides is 1. The molecule has 0 aliphatic carbocycles. The molecule has 0 spiro atoms. The van der Waals surface area contributed by atoms with Crippen LogP contribution in [0, 0.1) is 11.3 Å². The second-order valence-electron chi connectivity index (χ2n) is 4.61. The average molecular weight is 317 g/mol. The van der Waals surface area contributed by atoms with E-state index in [0.29, 0.717) is 11.3 Å². The molecule has 0 fully saturated rings. The molecule has 0 saturated carbocycles. The first kappa shape index (κ1) is 17.7. The zero-order valence-electron chi connectivity index (χ0n) is 12.2. The Hall–Kier alpha value is -3.34. The van der Waals surface area contributed by atoms with Crippen LogP contribution in [0.5, 0.6) is 0 Å². The van der Waals surface area contributed by atoms with Crippen LogP contribution in [-0.4, -0.2) is 34.1 Å². The molecule has 1 aromatic rings. The molecule has 0 aliphatic heterocycles. The third kappa shape index (κ3) is 5.89. The molecule has 0 aromatic heterocycles. The number of hydrogen-bond donors (Lipinski definition) is 4. The average Bonchev–Trinajstić information content (AvgIpc) is 2.48. The van der Waals surface area contributed by atoms with Gasteiger partial charge in [-0.1, -0.05) is 12.1 Å². The first-order valence-electron chi connectivity index (χ1n) is 6.54. The molecule has 0 aliphatic rings. The van der Waals surface area contributed by atoms with Crippen molar-refractivity contribution in [3.05, 3.63) is 41.6 Å². The van der Waals surface area contributed by atoms with Crippen LogP contribution in [-0.2, 0) is 20.8 Å². The minimum atomic E-state index is -1.21. The third-order valence-electron chi connectivity index (χ3n) is 2.78. The van der Waals surface area contributed by atoms with Gasteiger partial charge in [-0.25, -0.2) is 0 Å². The lowest BCUT2D eigenvalue weighted by molar-refractivity contribution is -0.140. The van der Waals surface area contributed by atoms with Crippen LogP contribution in [0.2, 0.25) is 0 Å². The zero-order chi connectivity index (χ0) is 17.4. The Kier molecular flexibility index (Phi) is 6.30. The van der Waals surface area contributed by atoms with Crippen molar-refractivity contribution in [2.45, 2.75) is 19.4 Å². The molecule has 0 bridgehead atoms. The van der Waals surface area contributed by atoms with Gasteiger partial charge in [0, 0.05) is 11.9 Å². The number of benzene rings is 1. The fourth-order valence-corrected chi connectivity index (χ4v) is 1.53. The number of nitrogens with one attached hydrogen (secondary N) is 2. The van der Waals surface area contributed by atoms with E-state index in [2.05, 4.69) is 10.6 Å². The standard InChI is InChI=1S/C15H15N3O5/c1-9(15(22)23)18-14(21)11(7-16)8-17-12-4-2-10(3-5-12)6-13(19)20/h2-5,8-9,17H,6H2,1H3,(H,18,21)(H,19,20)(H,22,23)/b11-8-. The van der Waals surface area contributed by atoms with Crippen LogP contribution in [0.1, 0.15) is 12.5 Å². The molecule has 4 N–H and O–H groups in total. The second-order valence-corrected chi connectivity index (χ2v) is 4.61. The predicted octanol–water partition coefficient (Wildman–Crippen LogP) is 0.722. The Labute approximate surface area is 132 Å². The van der Waals surface area contributed by atoms with Crippen molar-refractivity contribution in [3.63, 3.8) is 0 Å². The molecule has 0 saturated heterocycles. The van der Waals surface area contributed by atoms with Crippen LogP contribution in [0.25, 0.3) is 0 Å². The summed E-state index contributed by atoms with van der Waals surface area (Å²) < 4.78 is 0. The first-order chi connectivity index (χ1) is 10.8. The number of aliphatic carboxylic acids is 2. The van der Waals surface area contributed by atoms with Gasteiger partial charge in [-0.05, 0) is 24.6 Å². The molecule has 1 aromatic carbocycles. The summed E-state index contributed by atoms with van der Waals surface area (Å²) in [5.41, 5.74) is 0.874. The predicted molar refractivity (Wildman–Crippen MR) is 80.3 cm³/mol. The summed E-state index contributed by atoms with van der Waals surface area (Å²) in [7, 11) is 0. The molecule has 0 radical (unpaired) electrons.